The molecule has 0 aliphatic carbocycles. The van der Waals surface area contributed by atoms with Gasteiger partial charge in [-0.05, 0) is 62.6 Å². The molecule has 0 aliphatic rings. The highest BCUT2D eigenvalue weighted by Gasteiger charge is 2.19. The normalized spacial score (nSPS) is 12.1. The third-order valence-corrected chi connectivity index (χ3v) is 6.50. The zero-order chi connectivity index (χ0) is 29.6. The van der Waals surface area contributed by atoms with Crippen LogP contribution >= 0.6 is 0 Å². The molecule has 4 aromatic rings. The molecule has 0 spiro atoms. The van der Waals surface area contributed by atoms with E-state index in [2.05, 4.69) is 33.8 Å². The van der Waals surface area contributed by atoms with E-state index >= 15 is 4.39 Å². The molecule has 0 saturated carbocycles. The lowest BCUT2D eigenvalue weighted by Gasteiger charge is -2.17. The number of allylic oxidation sites excluding steroid dienone is 1. The molecule has 0 amide bonds. The standard InChI is InChI=1S/C31H38FN7O2/c1-6-8-24-23(11-12-26(40-5)27(24)32)25-18-37-30-29(36-13-15-39(25)30)38-21-9-10-22(20(7-2)17-21)28(33)35-14-16-41-19-31(3,4)34/h6,9-13,15,17-18H,1,7-8,14,16,19,34H2,2-5H3,(H2,33,35)(H,36,38). The molecule has 0 bridgehead atoms. The van der Waals surface area contributed by atoms with Crippen molar-refractivity contribution < 1.29 is 13.9 Å². The molecule has 5 N–H and O–H groups in total. The molecule has 0 aliphatic heterocycles. The second-order valence-corrected chi connectivity index (χ2v) is 10.4. The number of hydrogen-bond donors (Lipinski definition) is 3. The van der Waals surface area contributed by atoms with E-state index < -0.39 is 5.82 Å². The number of aromatic nitrogens is 3. The predicted octanol–water partition coefficient (Wildman–Crippen LogP) is 5.04. The van der Waals surface area contributed by atoms with Gasteiger partial charge >= 0.3 is 0 Å². The number of benzene rings is 2. The van der Waals surface area contributed by atoms with Crippen molar-refractivity contribution in [1.82, 2.24) is 14.4 Å². The van der Waals surface area contributed by atoms with E-state index in [1.165, 1.54) is 7.11 Å². The Kier molecular flexibility index (Phi) is 9.36. The SMILES string of the molecule is C=CCc1c(-c2cnc3c(Nc4ccc(C(N)=NCCOCC(C)(C)N)c(CC)c4)nccn23)ccc(OC)c1F. The van der Waals surface area contributed by atoms with Crippen molar-refractivity contribution in [1.29, 1.82) is 0 Å². The van der Waals surface area contributed by atoms with Gasteiger partial charge in [0.2, 0.25) is 0 Å². The number of ether oxygens (including phenoxy) is 2. The summed E-state index contributed by atoms with van der Waals surface area (Å²) in [6.07, 6.45) is 7.98. The minimum Gasteiger partial charge on any atom is -0.494 e. The van der Waals surface area contributed by atoms with Gasteiger partial charge in [0.25, 0.3) is 0 Å². The van der Waals surface area contributed by atoms with Gasteiger partial charge in [-0.25, -0.2) is 14.4 Å². The fourth-order valence-electron chi connectivity index (χ4n) is 4.55. The van der Waals surface area contributed by atoms with Gasteiger partial charge in [-0.15, -0.1) is 6.58 Å². The quantitative estimate of drug-likeness (QED) is 0.0907. The van der Waals surface area contributed by atoms with Crippen LogP contribution < -0.4 is 21.5 Å². The minimum absolute atomic E-state index is 0.188. The first-order chi connectivity index (χ1) is 19.7. The molecule has 0 unspecified atom stereocenters. The van der Waals surface area contributed by atoms with Crippen LogP contribution in [0.1, 0.15) is 37.5 Å². The van der Waals surface area contributed by atoms with E-state index in [9.17, 15) is 0 Å². The van der Waals surface area contributed by atoms with Gasteiger partial charge in [-0.2, -0.15) is 0 Å². The number of nitrogens with one attached hydrogen (secondary N) is 1. The number of fused-ring (bicyclic) bond motifs is 1. The van der Waals surface area contributed by atoms with Gasteiger partial charge in [-0.3, -0.25) is 9.39 Å². The Hall–Kier alpha value is -4.28. The molecule has 216 valence electrons. The lowest BCUT2D eigenvalue weighted by molar-refractivity contribution is 0.104. The number of rotatable bonds is 13. The first kappa shape index (κ1) is 29.7. The van der Waals surface area contributed by atoms with Crippen molar-refractivity contribution in [3.8, 4) is 17.0 Å². The summed E-state index contributed by atoms with van der Waals surface area (Å²) in [6, 6.07) is 9.36. The van der Waals surface area contributed by atoms with Crippen LogP contribution in [0.5, 0.6) is 5.75 Å². The zero-order valence-corrected chi connectivity index (χ0v) is 24.1. The van der Waals surface area contributed by atoms with Crippen LogP contribution in [0, 0.1) is 5.82 Å². The Balaban J connectivity index is 1.58. The van der Waals surface area contributed by atoms with Crippen LogP contribution in [0.25, 0.3) is 16.9 Å². The smallest absolute Gasteiger partial charge is 0.180 e. The Morgan fingerprint density at radius 1 is 1.24 bits per heavy atom. The molecule has 9 nitrogen and oxygen atoms in total. The summed E-state index contributed by atoms with van der Waals surface area (Å²) in [7, 11) is 1.45. The van der Waals surface area contributed by atoms with Gasteiger partial charge < -0.3 is 26.3 Å². The van der Waals surface area contributed by atoms with Crippen molar-refractivity contribution in [2.24, 2.45) is 16.5 Å². The summed E-state index contributed by atoms with van der Waals surface area (Å²) >= 11 is 0. The monoisotopic (exact) mass is 559 g/mol. The minimum atomic E-state index is -0.408. The van der Waals surface area contributed by atoms with Crippen molar-refractivity contribution in [2.45, 2.75) is 39.2 Å². The molecular weight excluding hydrogens is 521 g/mol. The first-order valence-corrected chi connectivity index (χ1v) is 13.5. The Bertz CT molecular complexity index is 1560. The molecule has 2 aromatic carbocycles. The van der Waals surface area contributed by atoms with E-state index in [1.54, 1.807) is 30.7 Å². The van der Waals surface area contributed by atoms with Crippen LogP contribution in [0.15, 0.2) is 66.6 Å². The Morgan fingerprint density at radius 3 is 2.76 bits per heavy atom. The number of halogens is 1. The Labute approximate surface area is 240 Å². The lowest BCUT2D eigenvalue weighted by atomic mass is 10.0. The van der Waals surface area contributed by atoms with E-state index in [0.29, 0.717) is 54.6 Å². The van der Waals surface area contributed by atoms with Gasteiger partial charge in [0.15, 0.2) is 23.0 Å². The van der Waals surface area contributed by atoms with E-state index in [1.807, 2.05) is 42.5 Å². The van der Waals surface area contributed by atoms with Gasteiger partial charge in [0, 0.05) is 40.3 Å². The molecule has 2 heterocycles. The first-order valence-electron chi connectivity index (χ1n) is 13.5. The van der Waals surface area contributed by atoms with E-state index in [-0.39, 0.29) is 11.3 Å². The molecule has 0 radical (unpaired) electrons. The number of nitrogens with zero attached hydrogens (tertiary/aromatic N) is 4. The average Bonchev–Trinajstić information content (AvgIpc) is 3.38. The van der Waals surface area contributed by atoms with Gasteiger partial charge in [0.1, 0.15) is 5.84 Å². The third kappa shape index (κ3) is 6.90. The van der Waals surface area contributed by atoms with Crippen LogP contribution in [0.3, 0.4) is 0 Å². The highest BCUT2D eigenvalue weighted by molar-refractivity contribution is 5.99. The fraction of sp³-hybridized carbons (Fsp3) is 0.323. The molecular formula is C31H38FN7O2. The number of methoxy groups -OCH3 is 1. The number of anilines is 2. The molecule has 0 atom stereocenters. The number of hydrogen-bond acceptors (Lipinski definition) is 7. The molecule has 0 saturated heterocycles. The van der Waals surface area contributed by atoms with Gasteiger partial charge in [0.05, 0.1) is 38.8 Å². The summed E-state index contributed by atoms with van der Waals surface area (Å²) in [6.45, 7) is 11.0. The summed E-state index contributed by atoms with van der Waals surface area (Å²) in [5.74, 6) is 0.807. The summed E-state index contributed by atoms with van der Waals surface area (Å²) in [4.78, 5) is 13.6. The topological polar surface area (TPSA) is 125 Å². The highest BCUT2D eigenvalue weighted by Crippen LogP contribution is 2.33. The number of nitrogens with two attached hydrogens (primary N) is 2. The number of aliphatic imine (C=N–C) groups is 1. The highest BCUT2D eigenvalue weighted by atomic mass is 19.1. The van der Waals surface area contributed by atoms with Crippen LogP contribution in [-0.2, 0) is 17.6 Å². The van der Waals surface area contributed by atoms with E-state index in [0.717, 1.165) is 28.9 Å². The van der Waals surface area contributed by atoms with Crippen molar-refractivity contribution in [3.05, 3.63) is 84.1 Å². The largest absolute Gasteiger partial charge is 0.494 e. The molecule has 2 aromatic heterocycles. The third-order valence-electron chi connectivity index (χ3n) is 6.50. The maximum absolute atomic E-state index is 15.1. The lowest BCUT2D eigenvalue weighted by Crippen LogP contribution is -2.37. The molecule has 0 fully saturated rings. The zero-order valence-electron chi connectivity index (χ0n) is 24.1. The average molecular weight is 560 g/mol. The van der Waals surface area contributed by atoms with E-state index in [4.69, 9.17) is 20.9 Å². The van der Waals surface area contributed by atoms with Crippen molar-refractivity contribution >= 4 is 23.0 Å². The summed E-state index contributed by atoms with van der Waals surface area (Å²) in [5, 5.41) is 3.38. The fourth-order valence-corrected chi connectivity index (χ4v) is 4.55. The maximum atomic E-state index is 15.1. The second-order valence-electron chi connectivity index (χ2n) is 10.4. The Morgan fingerprint density at radius 2 is 2.05 bits per heavy atom. The van der Waals surface area contributed by atoms with Gasteiger partial charge in [-0.1, -0.05) is 13.0 Å². The summed E-state index contributed by atoms with van der Waals surface area (Å²) < 4.78 is 27.8. The van der Waals surface area contributed by atoms with Crippen molar-refractivity contribution in [3.63, 3.8) is 0 Å². The number of imidazole rings is 1. The maximum Gasteiger partial charge on any atom is 0.180 e. The second kappa shape index (κ2) is 12.9. The predicted molar refractivity (Wildman–Crippen MR) is 163 cm³/mol. The van der Waals surface area contributed by atoms with Crippen LogP contribution in [0.4, 0.5) is 15.9 Å². The number of aryl methyl sites for hydroxylation is 1. The molecule has 41 heavy (non-hydrogen) atoms. The van der Waals surface area contributed by atoms with Crippen molar-refractivity contribution in [2.75, 3.05) is 32.2 Å². The molecule has 10 heteroatoms. The molecule has 4 rings (SSSR count). The number of amidine groups is 1. The van der Waals surface area contributed by atoms with Crippen LogP contribution in [-0.4, -0.2) is 52.6 Å². The summed E-state index contributed by atoms with van der Waals surface area (Å²) in [5.41, 5.74) is 17.2. The van der Waals surface area contributed by atoms with Crippen LogP contribution in [0.2, 0.25) is 0 Å².